The zero-order chi connectivity index (χ0) is 15.1. The van der Waals surface area contributed by atoms with Gasteiger partial charge in [-0.1, -0.05) is 0 Å². The van der Waals surface area contributed by atoms with Crippen molar-refractivity contribution in [3.63, 3.8) is 0 Å². The van der Waals surface area contributed by atoms with E-state index in [9.17, 15) is 4.79 Å². The third-order valence-corrected chi connectivity index (χ3v) is 4.72. The standard InChI is InChI=1S/C18H18N2O2/c1-22-15-2-3-17-16(10-15)12(4-6-19-17)8-14-9-13-5-7-20(14)11-18(13)21/h2-4,6,8,10,13H,5,7,9,11H2,1H3/b14-8-/t13-/m1/s1. The van der Waals surface area contributed by atoms with Crippen LogP contribution in [0.25, 0.3) is 17.0 Å². The predicted molar refractivity (Wildman–Crippen MR) is 85.6 cm³/mol. The van der Waals surface area contributed by atoms with Crippen LogP contribution in [-0.2, 0) is 4.79 Å². The number of fused-ring (bicyclic) bond motifs is 4. The summed E-state index contributed by atoms with van der Waals surface area (Å²) in [5, 5.41) is 1.09. The van der Waals surface area contributed by atoms with Crippen molar-refractivity contribution in [3.05, 3.63) is 41.7 Å². The average Bonchev–Trinajstić information content (AvgIpc) is 2.56. The molecule has 22 heavy (non-hydrogen) atoms. The first kappa shape index (κ1) is 13.3. The second-order valence-electron chi connectivity index (χ2n) is 6.00. The Labute approximate surface area is 129 Å². The number of aromatic nitrogens is 1. The monoisotopic (exact) mass is 294 g/mol. The lowest BCUT2D eigenvalue weighted by Crippen LogP contribution is -2.46. The SMILES string of the molecule is COc1ccc2nccc(/C=C3/C[C@H]4CCN3CC4=O)c2c1. The molecule has 112 valence electrons. The highest BCUT2D eigenvalue weighted by atomic mass is 16.5. The van der Waals surface area contributed by atoms with Crippen LogP contribution in [0.3, 0.4) is 0 Å². The second kappa shape index (κ2) is 5.13. The van der Waals surface area contributed by atoms with Gasteiger partial charge in [0.05, 0.1) is 19.2 Å². The van der Waals surface area contributed by atoms with Crippen molar-refractivity contribution in [1.29, 1.82) is 0 Å². The molecule has 3 aliphatic heterocycles. The lowest BCUT2D eigenvalue weighted by atomic mass is 9.84. The van der Waals surface area contributed by atoms with Gasteiger partial charge in [-0.25, -0.2) is 0 Å². The second-order valence-corrected chi connectivity index (χ2v) is 6.00. The number of carbonyl (C=O) groups is 1. The van der Waals surface area contributed by atoms with Crippen LogP contribution in [0.1, 0.15) is 18.4 Å². The van der Waals surface area contributed by atoms with Crippen LogP contribution in [-0.4, -0.2) is 35.9 Å². The minimum absolute atomic E-state index is 0.221. The van der Waals surface area contributed by atoms with E-state index in [2.05, 4.69) is 16.0 Å². The molecular formula is C18H18N2O2. The highest BCUT2D eigenvalue weighted by Crippen LogP contribution is 2.34. The first-order valence-electron chi connectivity index (χ1n) is 7.65. The molecule has 3 saturated heterocycles. The number of ketones is 1. The summed E-state index contributed by atoms with van der Waals surface area (Å²) < 4.78 is 5.33. The summed E-state index contributed by atoms with van der Waals surface area (Å²) in [6, 6.07) is 7.96. The van der Waals surface area contributed by atoms with Gasteiger partial charge in [-0.3, -0.25) is 9.78 Å². The van der Waals surface area contributed by atoms with E-state index < -0.39 is 0 Å². The van der Waals surface area contributed by atoms with Gasteiger partial charge >= 0.3 is 0 Å². The number of hydrogen-bond donors (Lipinski definition) is 0. The maximum atomic E-state index is 11.9. The van der Waals surface area contributed by atoms with Gasteiger partial charge in [0.25, 0.3) is 0 Å². The molecule has 4 heteroatoms. The molecule has 0 saturated carbocycles. The number of nitrogens with zero attached hydrogens (tertiary/aromatic N) is 2. The van der Waals surface area contributed by atoms with Gasteiger partial charge in [0.2, 0.25) is 0 Å². The van der Waals surface area contributed by atoms with Crippen LogP contribution in [0.2, 0.25) is 0 Å². The molecule has 1 aromatic heterocycles. The molecule has 4 nitrogen and oxygen atoms in total. The summed E-state index contributed by atoms with van der Waals surface area (Å²) in [6.07, 6.45) is 5.92. The number of pyridine rings is 1. The summed E-state index contributed by atoms with van der Waals surface area (Å²) in [4.78, 5) is 18.5. The Balaban J connectivity index is 1.78. The van der Waals surface area contributed by atoms with Gasteiger partial charge in [-0.05, 0) is 48.7 Å². The largest absolute Gasteiger partial charge is 0.497 e. The zero-order valence-electron chi connectivity index (χ0n) is 12.6. The fraction of sp³-hybridized carbons (Fsp3) is 0.333. The normalized spacial score (nSPS) is 22.6. The van der Waals surface area contributed by atoms with E-state index in [4.69, 9.17) is 4.74 Å². The molecule has 5 rings (SSSR count). The van der Waals surface area contributed by atoms with Crippen molar-refractivity contribution in [2.45, 2.75) is 12.8 Å². The molecule has 1 aromatic carbocycles. The van der Waals surface area contributed by atoms with Gasteiger partial charge in [0.1, 0.15) is 5.75 Å². The van der Waals surface area contributed by atoms with E-state index in [1.807, 2.05) is 30.5 Å². The molecule has 3 fully saturated rings. The average molecular weight is 294 g/mol. The Kier molecular flexibility index (Phi) is 3.10. The summed E-state index contributed by atoms with van der Waals surface area (Å²) in [5.41, 5.74) is 3.37. The number of benzene rings is 1. The number of carbonyl (C=O) groups excluding carboxylic acids is 1. The van der Waals surface area contributed by atoms with Crippen molar-refractivity contribution in [3.8, 4) is 5.75 Å². The van der Waals surface area contributed by atoms with Gasteiger partial charge in [0.15, 0.2) is 5.78 Å². The molecule has 2 bridgehead atoms. The smallest absolute Gasteiger partial charge is 0.155 e. The molecule has 4 heterocycles. The molecular weight excluding hydrogens is 276 g/mol. The summed E-state index contributed by atoms with van der Waals surface area (Å²) in [5.74, 6) is 1.45. The van der Waals surface area contributed by atoms with E-state index >= 15 is 0 Å². The first-order valence-corrected chi connectivity index (χ1v) is 7.65. The van der Waals surface area contributed by atoms with E-state index in [0.29, 0.717) is 12.3 Å². The fourth-order valence-corrected chi connectivity index (χ4v) is 3.44. The third kappa shape index (κ3) is 2.15. The van der Waals surface area contributed by atoms with E-state index in [1.54, 1.807) is 7.11 Å². The maximum absolute atomic E-state index is 11.9. The Morgan fingerprint density at radius 2 is 2.27 bits per heavy atom. The Bertz CT molecular complexity index is 782. The van der Waals surface area contributed by atoms with Crippen molar-refractivity contribution >= 4 is 22.8 Å². The molecule has 0 unspecified atom stereocenters. The topological polar surface area (TPSA) is 42.4 Å². The van der Waals surface area contributed by atoms with Crippen LogP contribution in [0.5, 0.6) is 5.75 Å². The van der Waals surface area contributed by atoms with Crippen LogP contribution in [0, 0.1) is 5.92 Å². The maximum Gasteiger partial charge on any atom is 0.155 e. The minimum atomic E-state index is 0.221. The lowest BCUT2D eigenvalue weighted by molar-refractivity contribution is -0.128. The van der Waals surface area contributed by atoms with Crippen molar-refractivity contribution < 1.29 is 9.53 Å². The Morgan fingerprint density at radius 1 is 1.36 bits per heavy atom. The number of methoxy groups -OCH3 is 1. The lowest BCUT2D eigenvalue weighted by Gasteiger charge is -2.41. The van der Waals surface area contributed by atoms with Crippen LogP contribution < -0.4 is 4.74 Å². The van der Waals surface area contributed by atoms with E-state index in [0.717, 1.165) is 41.6 Å². The summed E-state index contributed by atoms with van der Waals surface area (Å²) in [7, 11) is 1.67. The molecule has 2 aromatic rings. The summed E-state index contributed by atoms with van der Waals surface area (Å²) >= 11 is 0. The van der Waals surface area contributed by atoms with Crippen molar-refractivity contribution in [1.82, 2.24) is 9.88 Å². The number of ether oxygens (including phenoxy) is 1. The van der Waals surface area contributed by atoms with Crippen LogP contribution in [0.4, 0.5) is 0 Å². The molecule has 3 aliphatic rings. The molecule has 0 radical (unpaired) electrons. The predicted octanol–water partition coefficient (Wildman–Crippen LogP) is 2.88. The number of Topliss-reactive ketones (excluding diaryl/α,β-unsaturated/α-hetero) is 1. The highest BCUT2D eigenvalue weighted by Gasteiger charge is 2.35. The van der Waals surface area contributed by atoms with E-state index in [-0.39, 0.29) is 5.92 Å². The summed E-state index contributed by atoms with van der Waals surface area (Å²) in [6.45, 7) is 1.57. The van der Waals surface area contributed by atoms with Gasteiger partial charge in [0, 0.05) is 29.7 Å². The number of allylic oxidation sites excluding steroid dienone is 1. The van der Waals surface area contributed by atoms with E-state index in [1.165, 1.54) is 5.70 Å². The highest BCUT2D eigenvalue weighted by molar-refractivity contribution is 5.90. The van der Waals surface area contributed by atoms with Crippen molar-refractivity contribution in [2.24, 2.45) is 5.92 Å². The number of rotatable bonds is 2. The Morgan fingerprint density at radius 3 is 3.00 bits per heavy atom. The number of piperidine rings is 3. The molecule has 1 atom stereocenters. The molecule has 0 N–H and O–H groups in total. The molecule has 0 spiro atoms. The van der Waals surface area contributed by atoms with Gasteiger partial charge in [-0.15, -0.1) is 0 Å². The minimum Gasteiger partial charge on any atom is -0.497 e. The molecule has 0 amide bonds. The zero-order valence-corrected chi connectivity index (χ0v) is 12.6. The quantitative estimate of drug-likeness (QED) is 0.854. The first-order chi connectivity index (χ1) is 10.7. The van der Waals surface area contributed by atoms with Gasteiger partial charge in [-0.2, -0.15) is 0 Å². The van der Waals surface area contributed by atoms with Crippen LogP contribution >= 0.6 is 0 Å². The third-order valence-electron chi connectivity index (χ3n) is 4.72. The fourth-order valence-electron chi connectivity index (χ4n) is 3.44. The van der Waals surface area contributed by atoms with Crippen molar-refractivity contribution in [2.75, 3.05) is 20.2 Å². The molecule has 0 aliphatic carbocycles. The van der Waals surface area contributed by atoms with Crippen LogP contribution in [0.15, 0.2) is 36.2 Å². The number of hydrogen-bond acceptors (Lipinski definition) is 4. The Hall–Kier alpha value is -2.36. The van der Waals surface area contributed by atoms with Gasteiger partial charge < -0.3 is 9.64 Å².